The highest BCUT2D eigenvalue weighted by Gasteiger charge is 2.33. The number of amides is 2. The molecule has 1 N–H and O–H groups in total. The number of hydrogen-bond acceptors (Lipinski definition) is 4. The fourth-order valence-electron chi connectivity index (χ4n) is 3.35. The molecule has 2 heterocycles. The lowest BCUT2D eigenvalue weighted by molar-refractivity contribution is -0.139. The predicted molar refractivity (Wildman–Crippen MR) is 97.1 cm³/mol. The molecule has 2 aliphatic rings. The second-order valence-electron chi connectivity index (χ2n) is 7.36. The summed E-state index contributed by atoms with van der Waals surface area (Å²) in [6, 6.07) is 5.45. The molecule has 136 valence electrons. The topological polar surface area (TPSA) is 65.5 Å². The molecule has 1 saturated heterocycles. The Labute approximate surface area is 149 Å². The van der Waals surface area contributed by atoms with Crippen LogP contribution in [0.3, 0.4) is 0 Å². The van der Waals surface area contributed by atoms with Gasteiger partial charge in [-0.3, -0.25) is 9.59 Å². The molecule has 0 radical (unpaired) electrons. The normalized spacial score (nSPS) is 19.5. The third-order valence-electron chi connectivity index (χ3n) is 5.27. The van der Waals surface area contributed by atoms with Crippen LogP contribution in [-0.2, 0) is 9.59 Å². The van der Waals surface area contributed by atoms with Gasteiger partial charge >= 0.3 is 0 Å². The lowest BCUT2D eigenvalue weighted by Crippen LogP contribution is -2.57. The van der Waals surface area contributed by atoms with Gasteiger partial charge in [-0.05, 0) is 30.9 Å². The second-order valence-corrected chi connectivity index (χ2v) is 7.36. The molecule has 1 aliphatic heterocycles. The highest BCUT2D eigenvalue weighted by atomic mass is 16.2. The molecular weight excluding hydrogens is 316 g/mol. The van der Waals surface area contributed by atoms with Gasteiger partial charge in [0.1, 0.15) is 11.9 Å². The number of piperazine rings is 1. The smallest absolute Gasteiger partial charge is 0.245 e. The number of pyridine rings is 1. The minimum Gasteiger partial charge on any atom is -0.353 e. The van der Waals surface area contributed by atoms with Crippen molar-refractivity contribution in [3.8, 4) is 0 Å². The maximum atomic E-state index is 12.9. The Morgan fingerprint density at radius 2 is 1.88 bits per heavy atom. The SMILES string of the molecule is CC(C)[C@@H](NC(=O)C1CCC1)C(=O)N1CCN(c2ccccn2)CC1. The maximum Gasteiger partial charge on any atom is 0.245 e. The van der Waals surface area contributed by atoms with Crippen molar-refractivity contribution in [1.82, 2.24) is 15.2 Å². The van der Waals surface area contributed by atoms with Gasteiger partial charge in [-0.15, -0.1) is 0 Å². The van der Waals surface area contributed by atoms with Gasteiger partial charge in [0.05, 0.1) is 0 Å². The fraction of sp³-hybridized carbons (Fsp3) is 0.632. The van der Waals surface area contributed by atoms with E-state index in [2.05, 4.69) is 15.2 Å². The Morgan fingerprint density at radius 1 is 1.16 bits per heavy atom. The van der Waals surface area contributed by atoms with Crippen molar-refractivity contribution in [2.24, 2.45) is 11.8 Å². The minimum atomic E-state index is -0.422. The number of carbonyl (C=O) groups is 2. The second kappa shape index (κ2) is 7.85. The zero-order valence-electron chi connectivity index (χ0n) is 15.1. The summed E-state index contributed by atoms with van der Waals surface area (Å²) in [5.74, 6) is 1.24. The summed E-state index contributed by atoms with van der Waals surface area (Å²) < 4.78 is 0. The average molecular weight is 344 g/mol. The Hall–Kier alpha value is -2.11. The summed E-state index contributed by atoms with van der Waals surface area (Å²) in [5.41, 5.74) is 0. The van der Waals surface area contributed by atoms with Gasteiger partial charge in [0.25, 0.3) is 0 Å². The van der Waals surface area contributed by atoms with E-state index in [1.165, 1.54) is 0 Å². The molecule has 3 rings (SSSR count). The van der Waals surface area contributed by atoms with Crippen LogP contribution < -0.4 is 10.2 Å². The van der Waals surface area contributed by atoms with E-state index in [1.54, 1.807) is 6.20 Å². The summed E-state index contributed by atoms with van der Waals surface area (Å²) in [6.07, 6.45) is 4.81. The summed E-state index contributed by atoms with van der Waals surface area (Å²) in [4.78, 5) is 33.6. The third-order valence-corrected chi connectivity index (χ3v) is 5.27. The first-order chi connectivity index (χ1) is 12.1. The number of aromatic nitrogens is 1. The van der Waals surface area contributed by atoms with Crippen LogP contribution in [0.5, 0.6) is 0 Å². The monoisotopic (exact) mass is 344 g/mol. The maximum absolute atomic E-state index is 12.9. The Morgan fingerprint density at radius 3 is 2.40 bits per heavy atom. The van der Waals surface area contributed by atoms with E-state index >= 15 is 0 Å². The molecule has 1 aromatic rings. The molecule has 1 aromatic heterocycles. The first-order valence-electron chi connectivity index (χ1n) is 9.31. The highest BCUT2D eigenvalue weighted by Crippen LogP contribution is 2.26. The summed E-state index contributed by atoms with van der Waals surface area (Å²) in [5, 5.41) is 3.00. The van der Waals surface area contributed by atoms with E-state index < -0.39 is 6.04 Å². The Bertz CT molecular complexity index is 593. The lowest BCUT2D eigenvalue weighted by Gasteiger charge is -2.38. The number of rotatable bonds is 5. The number of anilines is 1. The molecule has 2 amide bonds. The standard InChI is InChI=1S/C19H28N4O2/c1-14(2)17(21-18(24)15-6-5-7-15)19(25)23-12-10-22(11-13-23)16-8-3-4-9-20-16/h3-4,8-9,14-15,17H,5-7,10-13H2,1-2H3,(H,21,24)/t17-/m1/s1. The molecule has 0 unspecified atom stereocenters. The third kappa shape index (κ3) is 4.11. The van der Waals surface area contributed by atoms with E-state index in [-0.39, 0.29) is 23.7 Å². The molecule has 25 heavy (non-hydrogen) atoms. The number of carbonyl (C=O) groups excluding carboxylic acids is 2. The molecule has 6 nitrogen and oxygen atoms in total. The van der Waals surface area contributed by atoms with Crippen LogP contribution in [0.15, 0.2) is 24.4 Å². The highest BCUT2D eigenvalue weighted by molar-refractivity contribution is 5.89. The molecule has 1 saturated carbocycles. The van der Waals surface area contributed by atoms with Crippen LogP contribution in [0.4, 0.5) is 5.82 Å². The number of nitrogens with one attached hydrogen (secondary N) is 1. The van der Waals surface area contributed by atoms with Gasteiger partial charge in [0, 0.05) is 38.3 Å². The number of hydrogen-bond donors (Lipinski definition) is 1. The van der Waals surface area contributed by atoms with Crippen LogP contribution >= 0.6 is 0 Å². The van der Waals surface area contributed by atoms with Crippen molar-refractivity contribution in [2.45, 2.75) is 39.2 Å². The predicted octanol–water partition coefficient (Wildman–Crippen LogP) is 1.67. The van der Waals surface area contributed by atoms with Gasteiger partial charge in [0.2, 0.25) is 11.8 Å². The van der Waals surface area contributed by atoms with Crippen LogP contribution in [0.2, 0.25) is 0 Å². The summed E-state index contributed by atoms with van der Waals surface area (Å²) in [6.45, 7) is 6.85. The van der Waals surface area contributed by atoms with Crippen molar-refractivity contribution < 1.29 is 9.59 Å². The Balaban J connectivity index is 1.56. The zero-order valence-corrected chi connectivity index (χ0v) is 15.1. The molecular formula is C19H28N4O2. The zero-order chi connectivity index (χ0) is 17.8. The summed E-state index contributed by atoms with van der Waals surface area (Å²) >= 11 is 0. The summed E-state index contributed by atoms with van der Waals surface area (Å²) in [7, 11) is 0. The molecule has 6 heteroatoms. The van der Waals surface area contributed by atoms with Crippen molar-refractivity contribution in [1.29, 1.82) is 0 Å². The van der Waals surface area contributed by atoms with Gasteiger partial charge in [-0.1, -0.05) is 26.3 Å². The van der Waals surface area contributed by atoms with Crippen molar-refractivity contribution in [3.05, 3.63) is 24.4 Å². The Kier molecular flexibility index (Phi) is 5.56. The molecule has 0 spiro atoms. The van der Waals surface area contributed by atoms with Gasteiger partial charge in [-0.2, -0.15) is 0 Å². The van der Waals surface area contributed by atoms with Crippen LogP contribution in [-0.4, -0.2) is 53.9 Å². The number of nitrogens with zero attached hydrogens (tertiary/aromatic N) is 3. The lowest BCUT2D eigenvalue weighted by atomic mass is 9.84. The van der Waals surface area contributed by atoms with Gasteiger partial charge in [-0.25, -0.2) is 4.98 Å². The van der Waals surface area contributed by atoms with Crippen molar-refractivity contribution in [2.75, 3.05) is 31.1 Å². The van der Waals surface area contributed by atoms with Crippen LogP contribution in [0, 0.1) is 11.8 Å². The van der Waals surface area contributed by atoms with Gasteiger partial charge < -0.3 is 15.1 Å². The van der Waals surface area contributed by atoms with E-state index in [1.807, 2.05) is 36.9 Å². The van der Waals surface area contributed by atoms with Crippen LogP contribution in [0.1, 0.15) is 33.1 Å². The van der Waals surface area contributed by atoms with E-state index in [9.17, 15) is 9.59 Å². The average Bonchev–Trinajstić information content (AvgIpc) is 2.58. The molecule has 1 atom stereocenters. The first kappa shape index (κ1) is 17.7. The molecule has 0 aromatic carbocycles. The first-order valence-corrected chi connectivity index (χ1v) is 9.31. The van der Waals surface area contributed by atoms with Gasteiger partial charge in [0.15, 0.2) is 0 Å². The van der Waals surface area contributed by atoms with Crippen molar-refractivity contribution >= 4 is 17.6 Å². The van der Waals surface area contributed by atoms with E-state index in [0.29, 0.717) is 13.1 Å². The van der Waals surface area contributed by atoms with E-state index in [0.717, 1.165) is 38.2 Å². The minimum absolute atomic E-state index is 0.0448. The molecule has 0 bridgehead atoms. The fourth-order valence-corrected chi connectivity index (χ4v) is 3.35. The van der Waals surface area contributed by atoms with E-state index in [4.69, 9.17) is 0 Å². The quantitative estimate of drug-likeness (QED) is 0.882. The largest absolute Gasteiger partial charge is 0.353 e. The van der Waals surface area contributed by atoms with Crippen molar-refractivity contribution in [3.63, 3.8) is 0 Å². The molecule has 1 aliphatic carbocycles. The molecule has 2 fully saturated rings. The van der Waals surface area contributed by atoms with Crippen LogP contribution in [0.25, 0.3) is 0 Å².